The van der Waals surface area contributed by atoms with Crippen LogP contribution in [0.1, 0.15) is 11.1 Å². The minimum absolute atomic E-state index is 0.0679. The van der Waals surface area contributed by atoms with Gasteiger partial charge in [0.15, 0.2) is 0 Å². The summed E-state index contributed by atoms with van der Waals surface area (Å²) in [4.78, 5) is 2.19. The molecular formula is C32H34N2O4S3. The van der Waals surface area contributed by atoms with Crippen molar-refractivity contribution in [3.05, 3.63) is 108 Å². The molecule has 2 atom stereocenters. The summed E-state index contributed by atoms with van der Waals surface area (Å²) in [5.74, 6) is 0. The van der Waals surface area contributed by atoms with Crippen LogP contribution < -0.4 is 0 Å². The quantitative estimate of drug-likeness (QED) is 0.249. The molecule has 0 bridgehead atoms. The standard InChI is InChI=1S/C32H34N2O4S3/c1-39-31-17-9-7-15-27(31)25-13-5-3-11-23(25)19-33-21-29(35)30(36)22-34(41(33,37)38)20-24-12-4-6-14-26(24)28-16-8-10-18-32(28)40-2/h3-18,29-30,35-36H,19-22H2,1-2H3/t29-,30-/m0/s1. The first kappa shape index (κ1) is 29.8. The van der Waals surface area contributed by atoms with Crippen LogP contribution >= 0.6 is 23.5 Å². The van der Waals surface area contributed by atoms with Crippen LogP contribution in [0.5, 0.6) is 0 Å². The molecule has 4 aromatic carbocycles. The van der Waals surface area contributed by atoms with E-state index in [1.54, 1.807) is 23.5 Å². The Labute approximate surface area is 251 Å². The molecule has 5 rings (SSSR count). The number of benzene rings is 4. The van der Waals surface area contributed by atoms with Gasteiger partial charge in [-0.05, 0) is 58.0 Å². The highest BCUT2D eigenvalue weighted by Gasteiger charge is 2.39. The van der Waals surface area contributed by atoms with E-state index in [9.17, 15) is 18.6 Å². The molecule has 4 aromatic rings. The number of hydrogen-bond acceptors (Lipinski definition) is 6. The van der Waals surface area contributed by atoms with Gasteiger partial charge in [-0.1, -0.05) is 84.9 Å². The summed E-state index contributed by atoms with van der Waals surface area (Å²) in [5, 5.41) is 21.6. The molecule has 0 radical (unpaired) electrons. The Bertz CT molecular complexity index is 1500. The maximum Gasteiger partial charge on any atom is 0.282 e. The highest BCUT2D eigenvalue weighted by Crippen LogP contribution is 2.35. The van der Waals surface area contributed by atoms with E-state index in [0.717, 1.165) is 43.2 Å². The number of thioether (sulfide) groups is 2. The zero-order chi connectivity index (χ0) is 29.0. The zero-order valence-electron chi connectivity index (χ0n) is 23.1. The predicted molar refractivity (Wildman–Crippen MR) is 169 cm³/mol. The van der Waals surface area contributed by atoms with Crippen molar-refractivity contribution in [2.24, 2.45) is 0 Å². The van der Waals surface area contributed by atoms with Crippen molar-refractivity contribution in [2.75, 3.05) is 25.6 Å². The van der Waals surface area contributed by atoms with Crippen molar-refractivity contribution in [1.82, 2.24) is 8.61 Å². The average Bonchev–Trinajstić information content (AvgIpc) is 3.07. The fourth-order valence-corrected chi connectivity index (χ4v) is 8.10. The van der Waals surface area contributed by atoms with E-state index in [-0.39, 0.29) is 26.2 Å². The number of β-amino-alcohol motifs (C(OH)–C–C–N with tert-alkyl or cyclic N) is 2. The third-order valence-corrected chi connectivity index (χ3v) is 10.9. The molecule has 1 fully saturated rings. The van der Waals surface area contributed by atoms with Gasteiger partial charge in [0.1, 0.15) is 0 Å². The van der Waals surface area contributed by atoms with Crippen LogP contribution in [0.2, 0.25) is 0 Å². The van der Waals surface area contributed by atoms with E-state index in [1.165, 1.54) is 8.61 Å². The van der Waals surface area contributed by atoms with Crippen molar-refractivity contribution in [2.45, 2.75) is 35.1 Å². The van der Waals surface area contributed by atoms with E-state index in [4.69, 9.17) is 0 Å². The third kappa shape index (κ3) is 6.41. The van der Waals surface area contributed by atoms with Gasteiger partial charge in [0.25, 0.3) is 10.2 Å². The Kier molecular flexibility index (Phi) is 9.56. The molecular weight excluding hydrogens is 573 g/mol. The average molecular weight is 607 g/mol. The van der Waals surface area contributed by atoms with Gasteiger partial charge in [-0.2, -0.15) is 17.0 Å². The summed E-state index contributed by atoms with van der Waals surface area (Å²) < 4.78 is 31.0. The highest BCUT2D eigenvalue weighted by molar-refractivity contribution is 7.99. The summed E-state index contributed by atoms with van der Waals surface area (Å²) in [5.41, 5.74) is 5.60. The molecule has 1 aliphatic heterocycles. The zero-order valence-corrected chi connectivity index (χ0v) is 25.5. The monoisotopic (exact) mass is 606 g/mol. The molecule has 0 spiro atoms. The second-order valence-corrected chi connectivity index (χ2v) is 13.6. The van der Waals surface area contributed by atoms with Gasteiger partial charge in [0.2, 0.25) is 0 Å². The molecule has 0 unspecified atom stereocenters. The molecule has 0 amide bonds. The van der Waals surface area contributed by atoms with Crippen molar-refractivity contribution in [1.29, 1.82) is 0 Å². The normalized spacial score (nSPS) is 19.6. The minimum Gasteiger partial charge on any atom is -0.389 e. The number of rotatable bonds is 8. The first-order valence-electron chi connectivity index (χ1n) is 13.4. The van der Waals surface area contributed by atoms with Crippen molar-refractivity contribution in [3.8, 4) is 22.3 Å². The maximum atomic E-state index is 14.2. The molecule has 214 valence electrons. The van der Waals surface area contributed by atoms with E-state index in [0.29, 0.717) is 0 Å². The van der Waals surface area contributed by atoms with Gasteiger partial charge in [-0.25, -0.2) is 0 Å². The second-order valence-electron chi connectivity index (χ2n) is 9.94. The Morgan fingerprint density at radius 1 is 0.610 bits per heavy atom. The SMILES string of the molecule is CSc1ccccc1-c1ccccc1CN1C[C@H](O)[C@@H](O)CN(Cc2ccccc2-c2ccccc2SC)S1(=O)=O. The van der Waals surface area contributed by atoms with E-state index in [2.05, 4.69) is 0 Å². The summed E-state index contributed by atoms with van der Waals surface area (Å²) in [6, 6.07) is 31.6. The fourth-order valence-electron chi connectivity index (χ4n) is 5.26. The maximum absolute atomic E-state index is 14.2. The van der Waals surface area contributed by atoms with Crippen LogP contribution in [-0.4, -0.2) is 65.1 Å². The lowest BCUT2D eigenvalue weighted by molar-refractivity contribution is 0.00890. The third-order valence-electron chi connectivity index (χ3n) is 7.40. The Hall–Kier alpha value is -2.63. The van der Waals surface area contributed by atoms with Gasteiger partial charge in [-0.15, -0.1) is 23.5 Å². The molecule has 0 aromatic heterocycles. The Morgan fingerprint density at radius 2 is 0.951 bits per heavy atom. The van der Waals surface area contributed by atoms with E-state index in [1.807, 2.05) is 110 Å². The molecule has 9 heteroatoms. The molecule has 6 nitrogen and oxygen atoms in total. The number of aliphatic hydroxyl groups excluding tert-OH is 2. The van der Waals surface area contributed by atoms with Gasteiger partial charge in [0, 0.05) is 36.0 Å². The minimum atomic E-state index is -4.06. The summed E-state index contributed by atoms with van der Waals surface area (Å²) in [7, 11) is -4.06. The van der Waals surface area contributed by atoms with Crippen LogP contribution in [0.15, 0.2) is 107 Å². The largest absolute Gasteiger partial charge is 0.389 e. The van der Waals surface area contributed by atoms with Crippen LogP contribution in [0.4, 0.5) is 0 Å². The van der Waals surface area contributed by atoms with Crippen molar-refractivity contribution in [3.63, 3.8) is 0 Å². The van der Waals surface area contributed by atoms with Crippen LogP contribution in [0.3, 0.4) is 0 Å². The number of nitrogens with zero attached hydrogens (tertiary/aromatic N) is 2. The number of hydrogen-bond donors (Lipinski definition) is 2. The van der Waals surface area contributed by atoms with E-state index < -0.39 is 22.4 Å². The molecule has 1 heterocycles. The molecule has 0 aliphatic carbocycles. The van der Waals surface area contributed by atoms with Crippen LogP contribution in [0.25, 0.3) is 22.3 Å². The number of aliphatic hydroxyl groups is 2. The first-order chi connectivity index (χ1) is 19.8. The molecule has 41 heavy (non-hydrogen) atoms. The van der Waals surface area contributed by atoms with Crippen LogP contribution in [-0.2, 0) is 23.3 Å². The van der Waals surface area contributed by atoms with Crippen molar-refractivity contribution < 1.29 is 18.6 Å². The lowest BCUT2D eigenvalue weighted by Crippen LogP contribution is -2.42. The molecule has 1 saturated heterocycles. The summed E-state index contributed by atoms with van der Waals surface area (Å²) in [6.45, 7) is -0.262. The lowest BCUT2D eigenvalue weighted by Gasteiger charge is -2.28. The Morgan fingerprint density at radius 3 is 1.34 bits per heavy atom. The van der Waals surface area contributed by atoms with Gasteiger partial charge < -0.3 is 10.2 Å². The topological polar surface area (TPSA) is 81.1 Å². The van der Waals surface area contributed by atoms with E-state index >= 15 is 0 Å². The molecule has 0 saturated carbocycles. The van der Waals surface area contributed by atoms with Gasteiger partial charge in [0.05, 0.1) is 12.2 Å². The summed E-state index contributed by atoms with van der Waals surface area (Å²) in [6.07, 6.45) is 1.61. The smallest absolute Gasteiger partial charge is 0.282 e. The van der Waals surface area contributed by atoms with Crippen molar-refractivity contribution >= 4 is 33.7 Å². The first-order valence-corrected chi connectivity index (χ1v) is 17.2. The van der Waals surface area contributed by atoms with Crippen LogP contribution in [0, 0.1) is 0 Å². The second kappa shape index (κ2) is 13.1. The molecule has 2 N–H and O–H groups in total. The lowest BCUT2D eigenvalue weighted by atomic mass is 9.99. The van der Waals surface area contributed by atoms with Gasteiger partial charge in [-0.3, -0.25) is 0 Å². The van der Waals surface area contributed by atoms with Gasteiger partial charge >= 0.3 is 0 Å². The molecule has 1 aliphatic rings. The highest BCUT2D eigenvalue weighted by atomic mass is 32.2. The predicted octanol–water partition coefficient (Wildman–Crippen LogP) is 5.75. The Balaban J connectivity index is 1.51. The summed E-state index contributed by atoms with van der Waals surface area (Å²) >= 11 is 3.28. The fraction of sp³-hybridized carbons (Fsp3) is 0.250.